The van der Waals surface area contributed by atoms with Crippen molar-refractivity contribution in [3.63, 3.8) is 0 Å². The molecule has 154 valence electrons. The zero-order chi connectivity index (χ0) is 20.8. The second kappa shape index (κ2) is 9.62. The van der Waals surface area contributed by atoms with E-state index in [1.54, 1.807) is 60.7 Å². The Morgan fingerprint density at radius 2 is 1.45 bits per heavy atom. The maximum atomic E-state index is 12.3. The van der Waals surface area contributed by atoms with Gasteiger partial charge in [0.1, 0.15) is 24.9 Å². The summed E-state index contributed by atoms with van der Waals surface area (Å²) in [7, 11) is 1.31. The van der Waals surface area contributed by atoms with Crippen LogP contribution in [0.25, 0.3) is 0 Å². The van der Waals surface area contributed by atoms with E-state index in [0.29, 0.717) is 5.56 Å². The molecule has 0 unspecified atom stereocenters. The number of hydrogen-bond acceptors (Lipinski definition) is 8. The van der Waals surface area contributed by atoms with Gasteiger partial charge in [-0.15, -0.1) is 0 Å². The van der Waals surface area contributed by atoms with Crippen molar-refractivity contribution in [3.05, 3.63) is 71.8 Å². The third-order valence-electron chi connectivity index (χ3n) is 4.52. The maximum Gasteiger partial charge on any atom is 0.338 e. The number of carbonyl (C=O) groups excluding carboxylic acids is 2. The van der Waals surface area contributed by atoms with Gasteiger partial charge >= 0.3 is 11.9 Å². The minimum Gasteiger partial charge on any atom is -0.459 e. The summed E-state index contributed by atoms with van der Waals surface area (Å²) in [5.41, 5.74) is 0.624. The number of benzene rings is 2. The molecule has 1 aliphatic heterocycles. The standard InChI is InChI=1S/C21H22O8/c1-26-21-18(29-20(25)14-10-6-3-7-11-14)17(23)16(22)15(28-21)12-27-19(24)13-8-4-2-5-9-13/h2-11,15-18,21-23H,12H2,1H3/t15-,16-,17+,18-,21-/m1/s1. The van der Waals surface area contributed by atoms with Gasteiger partial charge in [0.05, 0.1) is 11.1 Å². The smallest absolute Gasteiger partial charge is 0.338 e. The third-order valence-corrected chi connectivity index (χ3v) is 4.52. The molecule has 0 saturated carbocycles. The Morgan fingerprint density at radius 1 is 0.897 bits per heavy atom. The van der Waals surface area contributed by atoms with E-state index < -0.39 is 42.6 Å². The molecule has 2 aromatic carbocycles. The lowest BCUT2D eigenvalue weighted by atomic mass is 9.99. The Labute approximate surface area is 167 Å². The van der Waals surface area contributed by atoms with Gasteiger partial charge in [0, 0.05) is 7.11 Å². The second-order valence-electron chi connectivity index (χ2n) is 6.46. The topological polar surface area (TPSA) is 112 Å². The number of esters is 2. The van der Waals surface area contributed by atoms with Gasteiger partial charge in [-0.3, -0.25) is 0 Å². The Hall–Kier alpha value is -2.78. The van der Waals surface area contributed by atoms with Gasteiger partial charge in [0.15, 0.2) is 12.4 Å². The molecule has 1 fully saturated rings. The summed E-state index contributed by atoms with van der Waals surface area (Å²) >= 11 is 0. The molecule has 8 nitrogen and oxygen atoms in total. The van der Waals surface area contributed by atoms with Gasteiger partial charge in [0.2, 0.25) is 0 Å². The molecular weight excluding hydrogens is 380 g/mol. The lowest BCUT2D eigenvalue weighted by molar-refractivity contribution is -0.293. The van der Waals surface area contributed by atoms with Crippen molar-refractivity contribution in [1.82, 2.24) is 0 Å². The van der Waals surface area contributed by atoms with Gasteiger partial charge in [-0.25, -0.2) is 9.59 Å². The van der Waals surface area contributed by atoms with Crippen LogP contribution in [0.3, 0.4) is 0 Å². The van der Waals surface area contributed by atoms with E-state index in [0.717, 1.165) is 0 Å². The van der Waals surface area contributed by atoms with Crippen LogP contribution in [-0.4, -0.2) is 66.6 Å². The Bertz CT molecular complexity index is 806. The zero-order valence-electron chi connectivity index (χ0n) is 15.7. The second-order valence-corrected chi connectivity index (χ2v) is 6.46. The highest BCUT2D eigenvalue weighted by Gasteiger charge is 2.47. The lowest BCUT2D eigenvalue weighted by Gasteiger charge is -2.41. The molecule has 1 heterocycles. The van der Waals surface area contributed by atoms with Crippen molar-refractivity contribution >= 4 is 11.9 Å². The number of aliphatic hydroxyl groups is 2. The first-order chi connectivity index (χ1) is 14.0. The van der Waals surface area contributed by atoms with E-state index in [-0.39, 0.29) is 12.2 Å². The highest BCUT2D eigenvalue weighted by Crippen LogP contribution is 2.25. The molecule has 0 aliphatic carbocycles. The van der Waals surface area contributed by atoms with Crippen molar-refractivity contribution in [1.29, 1.82) is 0 Å². The SMILES string of the molecule is CO[C@@H]1O[C@H](COC(=O)c2ccccc2)[C@@H](O)[C@H](O)[C@H]1OC(=O)c1ccccc1. The minimum absolute atomic E-state index is 0.281. The van der Waals surface area contributed by atoms with E-state index in [4.69, 9.17) is 18.9 Å². The Kier molecular flexibility index (Phi) is 6.95. The van der Waals surface area contributed by atoms with E-state index in [2.05, 4.69) is 0 Å². The molecule has 8 heteroatoms. The third kappa shape index (κ3) is 4.99. The van der Waals surface area contributed by atoms with Crippen LogP contribution in [0.1, 0.15) is 20.7 Å². The van der Waals surface area contributed by atoms with E-state index >= 15 is 0 Å². The highest BCUT2D eigenvalue weighted by atomic mass is 16.7. The molecule has 2 aromatic rings. The monoisotopic (exact) mass is 402 g/mol. The molecular formula is C21H22O8. The summed E-state index contributed by atoms with van der Waals surface area (Å²) in [6, 6.07) is 16.5. The number of methoxy groups -OCH3 is 1. The first-order valence-electron chi connectivity index (χ1n) is 9.04. The summed E-state index contributed by atoms with van der Waals surface area (Å²) in [4.78, 5) is 24.4. The number of hydrogen-bond donors (Lipinski definition) is 2. The average molecular weight is 402 g/mol. The first-order valence-corrected chi connectivity index (χ1v) is 9.04. The first kappa shape index (κ1) is 20.9. The lowest BCUT2D eigenvalue weighted by Crippen LogP contribution is -2.60. The van der Waals surface area contributed by atoms with Crippen molar-refractivity contribution < 1.29 is 38.7 Å². The van der Waals surface area contributed by atoms with Crippen LogP contribution >= 0.6 is 0 Å². The van der Waals surface area contributed by atoms with Crippen LogP contribution in [0.2, 0.25) is 0 Å². The fourth-order valence-corrected chi connectivity index (χ4v) is 2.94. The van der Waals surface area contributed by atoms with Crippen LogP contribution in [0.15, 0.2) is 60.7 Å². The van der Waals surface area contributed by atoms with Crippen molar-refractivity contribution in [2.45, 2.75) is 30.7 Å². The number of aliphatic hydroxyl groups excluding tert-OH is 2. The fraction of sp³-hybridized carbons (Fsp3) is 0.333. The molecule has 3 rings (SSSR count). The molecule has 5 atom stereocenters. The normalized spacial score (nSPS) is 26.5. The molecule has 0 bridgehead atoms. The summed E-state index contributed by atoms with van der Waals surface area (Å²) in [5.74, 6) is -1.29. The molecule has 29 heavy (non-hydrogen) atoms. The quantitative estimate of drug-likeness (QED) is 0.693. The number of rotatable bonds is 6. The molecule has 0 amide bonds. The van der Waals surface area contributed by atoms with Gasteiger partial charge in [-0.2, -0.15) is 0 Å². The predicted octanol–water partition coefficient (Wildman–Crippen LogP) is 1.16. The molecule has 1 saturated heterocycles. The zero-order valence-corrected chi connectivity index (χ0v) is 15.7. The largest absolute Gasteiger partial charge is 0.459 e. The van der Waals surface area contributed by atoms with Gasteiger partial charge < -0.3 is 29.2 Å². The summed E-state index contributed by atoms with van der Waals surface area (Å²) in [6.45, 7) is -0.314. The average Bonchev–Trinajstić information content (AvgIpc) is 2.77. The van der Waals surface area contributed by atoms with E-state index in [1.807, 2.05) is 0 Å². The Balaban J connectivity index is 1.63. The van der Waals surface area contributed by atoms with E-state index in [1.165, 1.54) is 7.11 Å². The van der Waals surface area contributed by atoms with Crippen LogP contribution in [0.5, 0.6) is 0 Å². The van der Waals surface area contributed by atoms with Gasteiger partial charge in [-0.1, -0.05) is 36.4 Å². The van der Waals surface area contributed by atoms with Crippen molar-refractivity contribution in [2.75, 3.05) is 13.7 Å². The van der Waals surface area contributed by atoms with E-state index in [9.17, 15) is 19.8 Å². The predicted molar refractivity (Wildman–Crippen MR) is 100 cm³/mol. The minimum atomic E-state index is -1.50. The highest BCUT2D eigenvalue weighted by molar-refractivity contribution is 5.89. The molecule has 0 radical (unpaired) electrons. The fourth-order valence-electron chi connectivity index (χ4n) is 2.94. The molecule has 2 N–H and O–H groups in total. The van der Waals surface area contributed by atoms with Crippen LogP contribution in [0, 0.1) is 0 Å². The van der Waals surface area contributed by atoms with Crippen LogP contribution < -0.4 is 0 Å². The van der Waals surface area contributed by atoms with Crippen LogP contribution in [0.4, 0.5) is 0 Å². The van der Waals surface area contributed by atoms with Gasteiger partial charge in [-0.05, 0) is 24.3 Å². The summed E-state index contributed by atoms with van der Waals surface area (Å²) in [5, 5.41) is 20.8. The Morgan fingerprint density at radius 3 is 2.00 bits per heavy atom. The number of ether oxygens (including phenoxy) is 4. The molecule has 1 aliphatic rings. The summed E-state index contributed by atoms with van der Waals surface area (Å²) in [6.07, 6.45) is -6.43. The van der Waals surface area contributed by atoms with Gasteiger partial charge in [0.25, 0.3) is 0 Å². The summed E-state index contributed by atoms with van der Waals surface area (Å²) < 4.78 is 21.2. The van der Waals surface area contributed by atoms with Crippen molar-refractivity contribution in [2.24, 2.45) is 0 Å². The van der Waals surface area contributed by atoms with Crippen LogP contribution in [-0.2, 0) is 18.9 Å². The van der Waals surface area contributed by atoms with Crippen molar-refractivity contribution in [3.8, 4) is 0 Å². The molecule has 0 spiro atoms. The molecule has 0 aromatic heterocycles. The maximum absolute atomic E-state index is 12.3. The number of carbonyl (C=O) groups is 2.